The summed E-state index contributed by atoms with van der Waals surface area (Å²) in [5.41, 5.74) is 0. The van der Waals surface area contributed by atoms with E-state index in [2.05, 4.69) is 32.3 Å². The van der Waals surface area contributed by atoms with Gasteiger partial charge in [0, 0.05) is 30.4 Å². The molecule has 0 bridgehead atoms. The van der Waals surface area contributed by atoms with Crippen molar-refractivity contribution in [1.82, 2.24) is 19.7 Å². The molecule has 0 radical (unpaired) electrons. The number of piperidine rings is 1. The highest BCUT2D eigenvalue weighted by molar-refractivity contribution is 7.99. The Bertz CT molecular complexity index is 824. The lowest BCUT2D eigenvalue weighted by Gasteiger charge is -2.30. The maximum Gasteiger partial charge on any atom is 0.308 e. The summed E-state index contributed by atoms with van der Waals surface area (Å²) in [6, 6.07) is 4.64. The molecule has 7 nitrogen and oxygen atoms in total. The summed E-state index contributed by atoms with van der Waals surface area (Å²) in [6.45, 7) is 1.22. The number of rotatable bonds is 7. The fourth-order valence-corrected chi connectivity index (χ4v) is 5.17. The average Bonchev–Trinajstić information content (AvgIpc) is 3.28. The number of likely N-dealkylation sites (tertiary alicyclic amines) is 1. The number of hydrogen-bond donors (Lipinski definition) is 0. The summed E-state index contributed by atoms with van der Waals surface area (Å²) in [5, 5.41) is 11.7. The topological polar surface area (TPSA) is 77.3 Å². The Balaban J connectivity index is 1.34. The fraction of sp³-hybridized carbons (Fsp3) is 0.579. The van der Waals surface area contributed by atoms with Crippen molar-refractivity contribution in [3.63, 3.8) is 0 Å². The number of carbonyl (C=O) groups is 2. The third kappa shape index (κ3) is 4.41. The van der Waals surface area contributed by atoms with Crippen LogP contribution >= 0.6 is 23.1 Å². The second-order valence-electron chi connectivity index (χ2n) is 7.22. The number of nitrogens with zero attached hydrogens (tertiary/aromatic N) is 4. The van der Waals surface area contributed by atoms with E-state index in [-0.39, 0.29) is 17.8 Å². The van der Waals surface area contributed by atoms with Gasteiger partial charge in [0.1, 0.15) is 5.82 Å². The zero-order chi connectivity index (χ0) is 19.5. The minimum absolute atomic E-state index is 0.0838. The molecule has 9 heteroatoms. The van der Waals surface area contributed by atoms with Gasteiger partial charge in [-0.25, -0.2) is 0 Å². The monoisotopic (exact) mass is 420 g/mol. The van der Waals surface area contributed by atoms with E-state index < -0.39 is 0 Å². The average molecular weight is 421 g/mol. The molecule has 150 valence electrons. The van der Waals surface area contributed by atoms with Crippen LogP contribution in [0.1, 0.15) is 42.4 Å². The van der Waals surface area contributed by atoms with Gasteiger partial charge in [-0.2, -0.15) is 0 Å². The van der Waals surface area contributed by atoms with E-state index in [9.17, 15) is 9.59 Å². The predicted octanol–water partition coefficient (Wildman–Crippen LogP) is 2.77. The van der Waals surface area contributed by atoms with E-state index >= 15 is 0 Å². The van der Waals surface area contributed by atoms with E-state index in [1.54, 1.807) is 11.3 Å². The Morgan fingerprint density at radius 3 is 2.68 bits per heavy atom. The Hall–Kier alpha value is -1.87. The number of thioether (sulfide) groups is 1. The summed E-state index contributed by atoms with van der Waals surface area (Å²) in [4.78, 5) is 27.4. The van der Waals surface area contributed by atoms with Crippen LogP contribution in [0.2, 0.25) is 0 Å². The summed E-state index contributed by atoms with van der Waals surface area (Å²) < 4.78 is 7.03. The van der Waals surface area contributed by atoms with Crippen molar-refractivity contribution in [1.29, 1.82) is 0 Å². The molecule has 1 aliphatic heterocycles. The molecule has 0 unspecified atom stereocenters. The molecule has 1 saturated carbocycles. The number of amides is 1. The van der Waals surface area contributed by atoms with Crippen LogP contribution in [0.5, 0.6) is 0 Å². The highest BCUT2D eigenvalue weighted by atomic mass is 32.2. The van der Waals surface area contributed by atoms with Crippen LogP contribution in [0.15, 0.2) is 22.7 Å². The van der Waals surface area contributed by atoms with Gasteiger partial charge in [-0.1, -0.05) is 17.8 Å². The van der Waals surface area contributed by atoms with Crippen LogP contribution in [0.4, 0.5) is 0 Å². The molecule has 0 aromatic carbocycles. The van der Waals surface area contributed by atoms with Gasteiger partial charge in [-0.05, 0) is 37.1 Å². The van der Waals surface area contributed by atoms with Gasteiger partial charge in [0.2, 0.25) is 5.91 Å². The van der Waals surface area contributed by atoms with Gasteiger partial charge in [-0.3, -0.25) is 9.59 Å². The van der Waals surface area contributed by atoms with Crippen LogP contribution in [0.25, 0.3) is 0 Å². The molecular formula is C19H24N4O3S2. The first-order valence-corrected chi connectivity index (χ1v) is 11.5. The predicted molar refractivity (Wildman–Crippen MR) is 107 cm³/mol. The largest absolute Gasteiger partial charge is 0.469 e. The van der Waals surface area contributed by atoms with Crippen molar-refractivity contribution in [2.45, 2.75) is 43.3 Å². The van der Waals surface area contributed by atoms with Crippen molar-refractivity contribution in [3.8, 4) is 0 Å². The number of esters is 1. The number of hydrogen-bond acceptors (Lipinski definition) is 7. The molecule has 0 N–H and O–H groups in total. The first-order chi connectivity index (χ1) is 13.7. The highest BCUT2D eigenvalue weighted by Gasteiger charge is 2.31. The molecule has 3 heterocycles. The fourth-order valence-electron chi connectivity index (χ4n) is 3.54. The van der Waals surface area contributed by atoms with Gasteiger partial charge in [0.15, 0.2) is 5.16 Å². The minimum Gasteiger partial charge on any atom is -0.469 e. The summed E-state index contributed by atoms with van der Waals surface area (Å²) in [7, 11) is 1.42. The van der Waals surface area contributed by atoms with E-state index in [0.29, 0.717) is 37.7 Å². The molecule has 2 aromatic rings. The normalized spacial score (nSPS) is 17.7. The van der Waals surface area contributed by atoms with Crippen molar-refractivity contribution in [3.05, 3.63) is 28.2 Å². The molecule has 0 atom stereocenters. The first-order valence-electron chi connectivity index (χ1n) is 9.60. The molecule has 2 aliphatic rings. The zero-order valence-corrected chi connectivity index (χ0v) is 17.5. The number of methoxy groups -OCH3 is 1. The van der Waals surface area contributed by atoms with E-state index in [1.807, 2.05) is 4.90 Å². The molecule has 2 aromatic heterocycles. The zero-order valence-electron chi connectivity index (χ0n) is 15.9. The van der Waals surface area contributed by atoms with Crippen LogP contribution < -0.4 is 0 Å². The van der Waals surface area contributed by atoms with Gasteiger partial charge < -0.3 is 14.2 Å². The van der Waals surface area contributed by atoms with Gasteiger partial charge in [-0.15, -0.1) is 21.5 Å². The SMILES string of the molecule is COC(=O)C1CCN(C(=O)CSc2nnc(Cc3cccs3)n2C2CC2)CC1. The van der Waals surface area contributed by atoms with Crippen molar-refractivity contribution >= 4 is 35.0 Å². The highest BCUT2D eigenvalue weighted by Crippen LogP contribution is 2.39. The van der Waals surface area contributed by atoms with Crippen molar-refractivity contribution in [2.75, 3.05) is 26.0 Å². The quantitative estimate of drug-likeness (QED) is 0.506. The second kappa shape index (κ2) is 8.65. The minimum atomic E-state index is -0.169. The number of ether oxygens (including phenoxy) is 1. The van der Waals surface area contributed by atoms with Crippen LogP contribution in [-0.2, 0) is 20.7 Å². The van der Waals surface area contributed by atoms with E-state index in [0.717, 1.165) is 30.2 Å². The standard InChI is InChI=1S/C19H24N4O3S2/c1-26-18(25)13-6-8-22(9-7-13)17(24)12-28-19-21-20-16(23(19)14-4-5-14)11-15-3-2-10-27-15/h2-3,10,13-14H,4-9,11-12H2,1H3. The number of thiophene rings is 1. The second-order valence-corrected chi connectivity index (χ2v) is 9.20. The molecule has 1 amide bonds. The summed E-state index contributed by atoms with van der Waals surface area (Å²) in [6.07, 6.45) is 4.44. The van der Waals surface area contributed by atoms with E-state index in [1.165, 1.54) is 23.7 Å². The molecule has 2 fully saturated rings. The third-order valence-electron chi connectivity index (χ3n) is 5.27. The molecular weight excluding hydrogens is 396 g/mol. The molecule has 0 spiro atoms. The Kier molecular flexibility index (Phi) is 6.01. The molecule has 1 saturated heterocycles. The molecule has 4 rings (SSSR count). The van der Waals surface area contributed by atoms with Crippen LogP contribution in [-0.4, -0.2) is 57.5 Å². The lowest BCUT2D eigenvalue weighted by atomic mass is 9.97. The van der Waals surface area contributed by atoms with Crippen molar-refractivity contribution < 1.29 is 14.3 Å². The maximum absolute atomic E-state index is 12.6. The van der Waals surface area contributed by atoms with Crippen LogP contribution in [0.3, 0.4) is 0 Å². The van der Waals surface area contributed by atoms with Crippen molar-refractivity contribution in [2.24, 2.45) is 5.92 Å². The van der Waals surface area contributed by atoms with E-state index in [4.69, 9.17) is 4.74 Å². The Labute approximate surface area is 172 Å². The maximum atomic E-state index is 12.6. The molecule has 28 heavy (non-hydrogen) atoms. The Morgan fingerprint density at radius 2 is 2.04 bits per heavy atom. The number of carbonyl (C=O) groups excluding carboxylic acids is 2. The third-order valence-corrected chi connectivity index (χ3v) is 7.07. The lowest BCUT2D eigenvalue weighted by molar-refractivity contribution is -0.148. The molecule has 1 aliphatic carbocycles. The van der Waals surface area contributed by atoms with Gasteiger partial charge in [0.05, 0.1) is 18.8 Å². The summed E-state index contributed by atoms with van der Waals surface area (Å²) in [5.74, 6) is 1.18. The Morgan fingerprint density at radius 1 is 1.25 bits per heavy atom. The smallest absolute Gasteiger partial charge is 0.308 e. The first kappa shape index (κ1) is 19.4. The summed E-state index contributed by atoms with van der Waals surface area (Å²) >= 11 is 3.20. The van der Waals surface area contributed by atoms with Crippen LogP contribution in [0, 0.1) is 5.92 Å². The number of aromatic nitrogens is 3. The van der Waals surface area contributed by atoms with Gasteiger partial charge in [0.25, 0.3) is 0 Å². The lowest BCUT2D eigenvalue weighted by Crippen LogP contribution is -2.41. The van der Waals surface area contributed by atoms with Gasteiger partial charge >= 0.3 is 5.97 Å².